The van der Waals surface area contributed by atoms with Crippen molar-refractivity contribution >= 4 is 29.1 Å². The van der Waals surface area contributed by atoms with Crippen LogP contribution in [-0.2, 0) is 14.4 Å². The van der Waals surface area contributed by atoms with Gasteiger partial charge in [-0.15, -0.1) is 11.3 Å². The van der Waals surface area contributed by atoms with Crippen LogP contribution in [-0.4, -0.2) is 40.9 Å². The number of amides is 2. The summed E-state index contributed by atoms with van der Waals surface area (Å²) >= 11 is 1.42. The smallest absolute Gasteiger partial charge is 0.307 e. The molecular formula is C13H14N2O4S. The first-order chi connectivity index (χ1) is 9.59. The Hall–Kier alpha value is -1.89. The van der Waals surface area contributed by atoms with Crippen molar-refractivity contribution in [2.24, 2.45) is 11.8 Å². The van der Waals surface area contributed by atoms with Crippen LogP contribution >= 0.6 is 11.3 Å². The second kappa shape index (κ2) is 4.90. The van der Waals surface area contributed by atoms with E-state index in [0.29, 0.717) is 19.5 Å². The molecule has 2 aliphatic rings. The summed E-state index contributed by atoms with van der Waals surface area (Å²) in [5, 5.41) is 13.5. The maximum atomic E-state index is 12.4. The molecule has 1 saturated carbocycles. The highest BCUT2D eigenvalue weighted by atomic mass is 32.1. The lowest BCUT2D eigenvalue weighted by Gasteiger charge is -2.34. The standard InChI is InChI=1S/C13H14N2O4S/c16-11-10(9-2-1-5-20-9)15(4-3-14-11)12(17)7-6-8(7)13(18)19/h1-2,5,7-8,10H,3-4,6H2,(H,14,16)(H,18,19). The van der Waals surface area contributed by atoms with E-state index in [1.54, 1.807) is 0 Å². The van der Waals surface area contributed by atoms with Crippen LogP contribution in [0.3, 0.4) is 0 Å². The lowest BCUT2D eigenvalue weighted by atomic mass is 10.1. The molecule has 2 N–H and O–H groups in total. The third kappa shape index (κ3) is 2.18. The first-order valence-corrected chi connectivity index (χ1v) is 7.32. The van der Waals surface area contributed by atoms with Crippen LogP contribution in [0, 0.1) is 11.8 Å². The van der Waals surface area contributed by atoms with Crippen molar-refractivity contribution in [3.05, 3.63) is 22.4 Å². The molecule has 3 unspecified atom stereocenters. The van der Waals surface area contributed by atoms with E-state index in [4.69, 9.17) is 5.11 Å². The summed E-state index contributed by atoms with van der Waals surface area (Å²) in [7, 11) is 0. The number of piperazine rings is 1. The zero-order chi connectivity index (χ0) is 14.3. The molecule has 20 heavy (non-hydrogen) atoms. The van der Waals surface area contributed by atoms with Gasteiger partial charge in [-0.25, -0.2) is 0 Å². The summed E-state index contributed by atoms with van der Waals surface area (Å²) < 4.78 is 0. The van der Waals surface area contributed by atoms with Gasteiger partial charge in [0.2, 0.25) is 11.8 Å². The topological polar surface area (TPSA) is 86.7 Å². The van der Waals surface area contributed by atoms with E-state index in [1.165, 1.54) is 16.2 Å². The maximum Gasteiger partial charge on any atom is 0.307 e. The van der Waals surface area contributed by atoms with Crippen LogP contribution < -0.4 is 5.32 Å². The van der Waals surface area contributed by atoms with Crippen LogP contribution in [0.5, 0.6) is 0 Å². The summed E-state index contributed by atoms with van der Waals surface area (Å²) in [6.45, 7) is 0.840. The molecule has 2 heterocycles. The van der Waals surface area contributed by atoms with Gasteiger partial charge in [0, 0.05) is 18.0 Å². The third-order valence-electron chi connectivity index (χ3n) is 3.73. The Morgan fingerprint density at radius 2 is 2.20 bits per heavy atom. The van der Waals surface area contributed by atoms with E-state index in [2.05, 4.69) is 5.32 Å². The minimum absolute atomic E-state index is 0.195. The average Bonchev–Trinajstić information content (AvgIpc) is 3.06. The van der Waals surface area contributed by atoms with Crippen LogP contribution in [0.15, 0.2) is 17.5 Å². The van der Waals surface area contributed by atoms with E-state index in [-0.39, 0.29) is 11.8 Å². The Morgan fingerprint density at radius 3 is 2.80 bits per heavy atom. The van der Waals surface area contributed by atoms with Crippen molar-refractivity contribution in [2.45, 2.75) is 12.5 Å². The molecule has 0 aromatic carbocycles. The van der Waals surface area contributed by atoms with Gasteiger partial charge in [-0.1, -0.05) is 6.07 Å². The fraction of sp³-hybridized carbons (Fsp3) is 0.462. The molecule has 1 aliphatic heterocycles. The van der Waals surface area contributed by atoms with Crippen molar-refractivity contribution in [1.82, 2.24) is 10.2 Å². The van der Waals surface area contributed by atoms with Gasteiger partial charge in [-0.3, -0.25) is 14.4 Å². The third-order valence-corrected chi connectivity index (χ3v) is 4.66. The fourth-order valence-corrected chi connectivity index (χ4v) is 3.42. The molecule has 2 fully saturated rings. The number of carbonyl (C=O) groups excluding carboxylic acids is 2. The Balaban J connectivity index is 1.81. The summed E-state index contributed by atoms with van der Waals surface area (Å²) in [5.41, 5.74) is 0. The van der Waals surface area contributed by atoms with Gasteiger partial charge in [-0.2, -0.15) is 0 Å². The zero-order valence-electron chi connectivity index (χ0n) is 10.6. The summed E-state index contributed by atoms with van der Waals surface area (Å²) in [5.74, 6) is -2.40. The minimum atomic E-state index is -0.933. The number of nitrogens with one attached hydrogen (secondary N) is 1. The molecule has 0 radical (unpaired) electrons. The molecule has 106 valence electrons. The van der Waals surface area contributed by atoms with Crippen LogP contribution in [0.4, 0.5) is 0 Å². The predicted octanol–water partition coefficient (Wildman–Crippen LogP) is 0.468. The van der Waals surface area contributed by atoms with Gasteiger partial charge in [0.25, 0.3) is 0 Å². The molecule has 7 heteroatoms. The van der Waals surface area contributed by atoms with Crippen LogP contribution in [0.1, 0.15) is 17.3 Å². The average molecular weight is 294 g/mol. The second-order valence-electron chi connectivity index (χ2n) is 5.03. The molecular weight excluding hydrogens is 280 g/mol. The first-order valence-electron chi connectivity index (χ1n) is 6.44. The molecule has 1 saturated heterocycles. The van der Waals surface area contributed by atoms with Crippen molar-refractivity contribution in [2.75, 3.05) is 13.1 Å². The normalized spacial score (nSPS) is 28.9. The van der Waals surface area contributed by atoms with Crippen LogP contribution in [0.2, 0.25) is 0 Å². The highest BCUT2D eigenvalue weighted by molar-refractivity contribution is 7.10. The summed E-state index contributed by atoms with van der Waals surface area (Å²) in [4.78, 5) is 37.7. The number of hydrogen-bond acceptors (Lipinski definition) is 4. The molecule has 6 nitrogen and oxygen atoms in total. The molecule has 3 atom stereocenters. The van der Waals surface area contributed by atoms with Gasteiger partial charge in [0.1, 0.15) is 6.04 Å². The largest absolute Gasteiger partial charge is 0.481 e. The lowest BCUT2D eigenvalue weighted by molar-refractivity contribution is -0.146. The highest BCUT2D eigenvalue weighted by Gasteiger charge is 2.51. The van der Waals surface area contributed by atoms with Crippen molar-refractivity contribution in [1.29, 1.82) is 0 Å². The quantitative estimate of drug-likeness (QED) is 0.848. The van der Waals surface area contributed by atoms with E-state index >= 15 is 0 Å². The Labute approximate surface area is 119 Å². The summed E-state index contributed by atoms with van der Waals surface area (Å²) in [6.07, 6.45) is 0.378. The van der Waals surface area contributed by atoms with Crippen molar-refractivity contribution in [3.8, 4) is 0 Å². The molecule has 1 aliphatic carbocycles. The van der Waals surface area contributed by atoms with Gasteiger partial charge < -0.3 is 15.3 Å². The molecule has 0 bridgehead atoms. The molecule has 3 rings (SSSR count). The molecule has 1 aromatic rings. The molecule has 2 amide bonds. The van der Waals surface area contributed by atoms with Crippen molar-refractivity contribution < 1.29 is 19.5 Å². The maximum absolute atomic E-state index is 12.4. The predicted molar refractivity (Wildman–Crippen MR) is 71.0 cm³/mol. The van der Waals surface area contributed by atoms with Crippen molar-refractivity contribution in [3.63, 3.8) is 0 Å². The number of carboxylic acids is 1. The Morgan fingerprint density at radius 1 is 1.40 bits per heavy atom. The van der Waals surface area contributed by atoms with E-state index in [0.717, 1.165) is 4.88 Å². The van der Waals surface area contributed by atoms with E-state index in [9.17, 15) is 14.4 Å². The van der Waals surface area contributed by atoms with Gasteiger partial charge >= 0.3 is 5.97 Å². The van der Waals surface area contributed by atoms with Gasteiger partial charge in [-0.05, 0) is 17.9 Å². The Kier molecular flexibility index (Phi) is 3.21. The number of carbonyl (C=O) groups is 3. The molecule has 1 aromatic heterocycles. The van der Waals surface area contributed by atoms with Crippen LogP contribution in [0.25, 0.3) is 0 Å². The monoisotopic (exact) mass is 294 g/mol. The fourth-order valence-electron chi connectivity index (χ4n) is 2.59. The number of thiophene rings is 1. The number of nitrogens with zero attached hydrogens (tertiary/aromatic N) is 1. The number of aliphatic carboxylic acids is 1. The first kappa shape index (κ1) is 13.1. The second-order valence-corrected chi connectivity index (χ2v) is 6.01. The lowest BCUT2D eigenvalue weighted by Crippen LogP contribution is -2.52. The number of rotatable bonds is 3. The van der Waals surface area contributed by atoms with Gasteiger partial charge in [0.05, 0.1) is 11.8 Å². The number of carboxylic acid groups (broad SMARTS) is 1. The Bertz CT molecular complexity index is 557. The summed E-state index contributed by atoms with van der Waals surface area (Å²) in [6, 6.07) is 3.04. The number of hydrogen-bond donors (Lipinski definition) is 2. The zero-order valence-corrected chi connectivity index (χ0v) is 11.4. The SMILES string of the molecule is O=C(O)C1CC1C(=O)N1CCNC(=O)C1c1cccs1. The van der Waals surface area contributed by atoms with E-state index in [1.807, 2.05) is 17.5 Å². The molecule has 0 spiro atoms. The highest BCUT2D eigenvalue weighted by Crippen LogP contribution is 2.42. The van der Waals surface area contributed by atoms with Gasteiger partial charge in [0.15, 0.2) is 0 Å². The van der Waals surface area contributed by atoms with E-state index < -0.39 is 23.8 Å². The minimum Gasteiger partial charge on any atom is -0.481 e.